The van der Waals surface area contributed by atoms with Crippen LogP contribution >= 0.6 is 0 Å². The molecule has 1 rings (SSSR count). The lowest BCUT2D eigenvalue weighted by molar-refractivity contribution is -0.00897. The second-order valence-corrected chi connectivity index (χ2v) is 3.19. The highest BCUT2D eigenvalue weighted by atomic mass is 16.3. The zero-order chi connectivity index (χ0) is 6.91. The van der Waals surface area contributed by atoms with Crippen molar-refractivity contribution >= 4 is 0 Å². The normalized spacial score (nSPS) is 24.0. The van der Waals surface area contributed by atoms with Crippen molar-refractivity contribution in [2.24, 2.45) is 0 Å². The molecule has 0 unspecified atom stereocenters. The maximum atomic E-state index is 8.76. The van der Waals surface area contributed by atoms with Crippen LogP contribution in [0, 0.1) is 0 Å². The average molecular weight is 129 g/mol. The Labute approximate surface area is 56.5 Å². The van der Waals surface area contributed by atoms with Gasteiger partial charge >= 0.3 is 0 Å². The molecule has 1 aliphatic carbocycles. The van der Waals surface area contributed by atoms with Gasteiger partial charge in [0.05, 0.1) is 6.73 Å². The Morgan fingerprint density at radius 2 is 2.11 bits per heavy atom. The molecule has 1 saturated carbocycles. The molecule has 0 aromatic carbocycles. The van der Waals surface area contributed by atoms with E-state index in [1.807, 2.05) is 11.9 Å². The van der Waals surface area contributed by atoms with Crippen molar-refractivity contribution < 1.29 is 5.11 Å². The third-order valence-corrected chi connectivity index (χ3v) is 2.56. The fraction of sp³-hybridized carbons (Fsp3) is 1.00. The van der Waals surface area contributed by atoms with E-state index < -0.39 is 0 Å². The van der Waals surface area contributed by atoms with Gasteiger partial charge < -0.3 is 5.11 Å². The van der Waals surface area contributed by atoms with Gasteiger partial charge in [0.2, 0.25) is 0 Å². The van der Waals surface area contributed by atoms with Gasteiger partial charge in [0, 0.05) is 5.54 Å². The second-order valence-electron chi connectivity index (χ2n) is 3.19. The molecule has 54 valence electrons. The average Bonchev–Trinajstić information content (AvgIpc) is 1.81. The lowest BCUT2D eigenvalue weighted by Crippen LogP contribution is -2.49. The number of aliphatic hydroxyl groups is 1. The monoisotopic (exact) mass is 129 g/mol. The Bertz CT molecular complexity index is 99.1. The molecule has 0 atom stereocenters. The van der Waals surface area contributed by atoms with Gasteiger partial charge in [-0.05, 0) is 33.2 Å². The minimum Gasteiger partial charge on any atom is -0.381 e. The highest BCUT2D eigenvalue weighted by Gasteiger charge is 2.34. The van der Waals surface area contributed by atoms with Crippen LogP contribution in [0.15, 0.2) is 0 Å². The standard InChI is InChI=1S/C7H15NO/c1-7(4-3-5-7)8(2)6-9/h9H,3-6H2,1-2H3. The largest absolute Gasteiger partial charge is 0.381 e. The number of nitrogens with zero attached hydrogens (tertiary/aromatic N) is 1. The molecule has 0 bridgehead atoms. The molecular formula is C7H15NO. The molecule has 2 nitrogen and oxygen atoms in total. The van der Waals surface area contributed by atoms with Gasteiger partial charge in [-0.1, -0.05) is 0 Å². The molecule has 0 amide bonds. The van der Waals surface area contributed by atoms with Crippen LogP contribution in [0.25, 0.3) is 0 Å². The Hall–Kier alpha value is -0.0800. The zero-order valence-corrected chi connectivity index (χ0v) is 6.22. The summed E-state index contributed by atoms with van der Waals surface area (Å²) < 4.78 is 0. The van der Waals surface area contributed by atoms with Crippen molar-refractivity contribution in [3.63, 3.8) is 0 Å². The highest BCUT2D eigenvalue weighted by molar-refractivity contribution is 4.91. The van der Waals surface area contributed by atoms with Crippen molar-refractivity contribution in [3.8, 4) is 0 Å². The summed E-state index contributed by atoms with van der Waals surface area (Å²) in [6.07, 6.45) is 3.80. The summed E-state index contributed by atoms with van der Waals surface area (Å²) in [4.78, 5) is 2.01. The lowest BCUT2D eigenvalue weighted by atomic mass is 9.77. The highest BCUT2D eigenvalue weighted by Crippen LogP contribution is 2.35. The Kier molecular flexibility index (Phi) is 1.78. The van der Waals surface area contributed by atoms with E-state index in [2.05, 4.69) is 6.92 Å². The van der Waals surface area contributed by atoms with Crippen molar-refractivity contribution in [2.75, 3.05) is 13.8 Å². The van der Waals surface area contributed by atoms with Crippen molar-refractivity contribution in [3.05, 3.63) is 0 Å². The minimum atomic E-state index is 0.191. The molecule has 9 heavy (non-hydrogen) atoms. The van der Waals surface area contributed by atoms with E-state index in [4.69, 9.17) is 5.11 Å². The number of hydrogen-bond acceptors (Lipinski definition) is 2. The van der Waals surface area contributed by atoms with E-state index in [9.17, 15) is 0 Å². The van der Waals surface area contributed by atoms with Crippen LogP contribution in [0.3, 0.4) is 0 Å². The summed E-state index contributed by atoms with van der Waals surface area (Å²) in [6, 6.07) is 0. The summed E-state index contributed by atoms with van der Waals surface area (Å²) in [5.74, 6) is 0. The van der Waals surface area contributed by atoms with E-state index in [0.717, 1.165) is 0 Å². The van der Waals surface area contributed by atoms with Gasteiger partial charge in [-0.3, -0.25) is 4.90 Å². The molecule has 1 fully saturated rings. The van der Waals surface area contributed by atoms with Crippen LogP contribution in [0.1, 0.15) is 26.2 Å². The molecule has 0 aromatic rings. The fourth-order valence-corrected chi connectivity index (χ4v) is 1.24. The molecule has 0 heterocycles. The van der Waals surface area contributed by atoms with Crippen LogP contribution in [0.5, 0.6) is 0 Å². The Balaban J connectivity index is 2.38. The van der Waals surface area contributed by atoms with Gasteiger partial charge in [0.25, 0.3) is 0 Å². The van der Waals surface area contributed by atoms with Gasteiger partial charge in [-0.25, -0.2) is 0 Å². The summed E-state index contributed by atoms with van der Waals surface area (Å²) in [5, 5.41) is 8.76. The van der Waals surface area contributed by atoms with Crippen molar-refractivity contribution in [1.82, 2.24) is 4.90 Å². The van der Waals surface area contributed by atoms with Gasteiger partial charge in [0.1, 0.15) is 0 Å². The first-order chi connectivity index (χ1) is 4.19. The smallest absolute Gasteiger partial charge is 0.0958 e. The summed E-state index contributed by atoms with van der Waals surface area (Å²) in [5.41, 5.74) is 0.314. The molecule has 0 aromatic heterocycles. The number of aliphatic hydroxyl groups excluding tert-OH is 1. The first kappa shape index (κ1) is 7.03. The van der Waals surface area contributed by atoms with Crippen molar-refractivity contribution in [2.45, 2.75) is 31.7 Å². The minimum absolute atomic E-state index is 0.191. The Morgan fingerprint density at radius 3 is 2.22 bits per heavy atom. The summed E-state index contributed by atoms with van der Waals surface area (Å²) >= 11 is 0. The van der Waals surface area contributed by atoms with Crippen LogP contribution < -0.4 is 0 Å². The predicted molar refractivity (Wildman–Crippen MR) is 37.1 cm³/mol. The first-order valence-electron chi connectivity index (χ1n) is 3.51. The zero-order valence-electron chi connectivity index (χ0n) is 6.22. The molecule has 1 N–H and O–H groups in total. The van der Waals surface area contributed by atoms with Crippen LogP contribution in [-0.4, -0.2) is 29.3 Å². The SMILES string of the molecule is CN(CO)C1(C)CCC1. The van der Waals surface area contributed by atoms with E-state index in [1.165, 1.54) is 19.3 Å². The van der Waals surface area contributed by atoms with E-state index in [1.54, 1.807) is 0 Å². The second kappa shape index (κ2) is 2.27. The molecule has 0 spiro atoms. The number of hydrogen-bond donors (Lipinski definition) is 1. The van der Waals surface area contributed by atoms with Crippen LogP contribution in [-0.2, 0) is 0 Å². The van der Waals surface area contributed by atoms with Crippen molar-refractivity contribution in [1.29, 1.82) is 0 Å². The molecule has 0 saturated heterocycles. The lowest BCUT2D eigenvalue weighted by Gasteiger charge is -2.45. The molecule has 1 aliphatic rings. The first-order valence-corrected chi connectivity index (χ1v) is 3.51. The number of rotatable bonds is 2. The predicted octanol–water partition coefficient (Wildman–Crippen LogP) is 0.811. The van der Waals surface area contributed by atoms with Gasteiger partial charge in [-0.2, -0.15) is 0 Å². The molecule has 2 heteroatoms. The fourth-order valence-electron chi connectivity index (χ4n) is 1.24. The Morgan fingerprint density at radius 1 is 1.56 bits per heavy atom. The molecule has 0 aliphatic heterocycles. The van der Waals surface area contributed by atoms with E-state index in [-0.39, 0.29) is 6.73 Å². The third-order valence-electron chi connectivity index (χ3n) is 2.56. The molecule has 0 radical (unpaired) electrons. The maximum Gasteiger partial charge on any atom is 0.0958 e. The van der Waals surface area contributed by atoms with Gasteiger partial charge in [0.15, 0.2) is 0 Å². The molecular weight excluding hydrogens is 114 g/mol. The van der Waals surface area contributed by atoms with E-state index >= 15 is 0 Å². The maximum absolute atomic E-state index is 8.76. The van der Waals surface area contributed by atoms with Crippen LogP contribution in [0.2, 0.25) is 0 Å². The summed E-state index contributed by atoms with van der Waals surface area (Å²) in [7, 11) is 1.97. The quantitative estimate of drug-likeness (QED) is 0.558. The topological polar surface area (TPSA) is 23.5 Å². The van der Waals surface area contributed by atoms with Gasteiger partial charge in [-0.15, -0.1) is 0 Å². The summed E-state index contributed by atoms with van der Waals surface area (Å²) in [6.45, 7) is 2.39. The van der Waals surface area contributed by atoms with E-state index in [0.29, 0.717) is 5.54 Å². The third kappa shape index (κ3) is 1.10. The van der Waals surface area contributed by atoms with Crippen LogP contribution in [0.4, 0.5) is 0 Å².